The highest BCUT2D eigenvalue weighted by atomic mass is 35.5. The van der Waals surface area contributed by atoms with Gasteiger partial charge in [-0.25, -0.2) is 4.39 Å². The predicted octanol–water partition coefficient (Wildman–Crippen LogP) is 5.31. The van der Waals surface area contributed by atoms with Gasteiger partial charge in [-0.1, -0.05) is 29.8 Å². The third-order valence-electron chi connectivity index (χ3n) is 8.19. The summed E-state index contributed by atoms with van der Waals surface area (Å²) in [6.45, 7) is 3.89. The Morgan fingerprint density at radius 2 is 1.79 bits per heavy atom. The molecule has 0 bridgehead atoms. The van der Waals surface area contributed by atoms with Crippen LogP contribution in [0.4, 0.5) is 10.1 Å². The van der Waals surface area contributed by atoms with Crippen molar-refractivity contribution >= 4 is 34.0 Å². The van der Waals surface area contributed by atoms with E-state index in [9.17, 15) is 14.3 Å². The molecule has 0 radical (unpaired) electrons. The van der Waals surface area contributed by atoms with E-state index >= 15 is 0 Å². The number of benzene rings is 3. The van der Waals surface area contributed by atoms with Crippen LogP contribution in [0.1, 0.15) is 43.8 Å². The zero-order valence-corrected chi connectivity index (χ0v) is 22.7. The van der Waals surface area contributed by atoms with Gasteiger partial charge in [0.05, 0.1) is 23.1 Å². The van der Waals surface area contributed by atoms with Gasteiger partial charge < -0.3 is 25.0 Å². The van der Waals surface area contributed by atoms with Gasteiger partial charge in [-0.15, -0.1) is 0 Å². The van der Waals surface area contributed by atoms with Gasteiger partial charge in [0, 0.05) is 25.3 Å². The number of hydrogen-bond acceptors (Lipinski definition) is 5. The second-order valence-electron chi connectivity index (χ2n) is 11.2. The van der Waals surface area contributed by atoms with Gasteiger partial charge in [0.2, 0.25) is 5.91 Å². The molecule has 6 nitrogen and oxygen atoms in total. The second kappa shape index (κ2) is 11.3. The van der Waals surface area contributed by atoms with Gasteiger partial charge in [0.25, 0.3) is 0 Å². The Hall–Kier alpha value is -2.87. The molecular weight excluding hydrogens is 517 g/mol. The minimum Gasteiger partial charge on any atom is -0.489 e. The molecule has 2 heterocycles. The standard InChI is InChI=1S/C31H35ClFN3O3/c32-27-17-22(5-10-29(27)39-26-8-9-26)30(37)28(19-35-12-1-2-13-35)34-31(38)23-11-14-36(18-23)25-7-4-20-15-24(33)6-3-21(20)16-25/h3-7,10,15-17,23,26,28,30,37H,1-2,8-9,11-14,18-19H2,(H,34,38)/t23?,28-,30-/m1/s1. The fourth-order valence-electron chi connectivity index (χ4n) is 5.77. The minimum absolute atomic E-state index is 0.0385. The van der Waals surface area contributed by atoms with Crippen LogP contribution in [0, 0.1) is 11.7 Å². The summed E-state index contributed by atoms with van der Waals surface area (Å²) in [5, 5.41) is 16.9. The number of anilines is 1. The molecule has 3 atom stereocenters. The molecule has 2 saturated heterocycles. The normalized spacial score (nSPS) is 21.3. The highest BCUT2D eigenvalue weighted by Crippen LogP contribution is 2.34. The van der Waals surface area contributed by atoms with Crippen LogP contribution in [0.5, 0.6) is 5.75 Å². The number of fused-ring (bicyclic) bond motifs is 1. The van der Waals surface area contributed by atoms with Crippen LogP contribution in [0.15, 0.2) is 54.6 Å². The fraction of sp³-hybridized carbons (Fsp3) is 0.452. The second-order valence-corrected chi connectivity index (χ2v) is 11.6. The number of rotatable bonds is 9. The first-order valence-electron chi connectivity index (χ1n) is 14.0. The molecule has 1 saturated carbocycles. The average molecular weight is 552 g/mol. The number of aliphatic hydroxyl groups excluding tert-OH is 1. The first kappa shape index (κ1) is 26.4. The largest absolute Gasteiger partial charge is 0.489 e. The highest BCUT2D eigenvalue weighted by Gasteiger charge is 2.33. The number of hydrogen-bond donors (Lipinski definition) is 2. The van der Waals surface area contributed by atoms with Crippen molar-refractivity contribution in [2.24, 2.45) is 5.92 Å². The van der Waals surface area contributed by atoms with E-state index in [2.05, 4.69) is 21.2 Å². The molecule has 3 aromatic carbocycles. The number of nitrogens with one attached hydrogen (secondary N) is 1. The van der Waals surface area contributed by atoms with Crippen LogP contribution in [-0.4, -0.2) is 60.8 Å². The lowest BCUT2D eigenvalue weighted by Crippen LogP contribution is -2.48. The maximum Gasteiger partial charge on any atom is 0.225 e. The molecule has 2 N–H and O–H groups in total. The monoisotopic (exact) mass is 551 g/mol. The van der Waals surface area contributed by atoms with E-state index in [1.165, 1.54) is 12.1 Å². The van der Waals surface area contributed by atoms with E-state index in [0.29, 0.717) is 29.4 Å². The summed E-state index contributed by atoms with van der Waals surface area (Å²) in [5.74, 6) is 0.173. The molecule has 3 aromatic rings. The van der Waals surface area contributed by atoms with Crippen LogP contribution in [0.25, 0.3) is 10.8 Å². The minimum atomic E-state index is -0.889. The maximum absolute atomic E-state index is 13.6. The van der Waals surface area contributed by atoms with E-state index in [1.807, 2.05) is 24.3 Å². The van der Waals surface area contributed by atoms with Crippen molar-refractivity contribution in [2.75, 3.05) is 37.6 Å². The molecule has 2 aliphatic heterocycles. The lowest BCUT2D eigenvalue weighted by atomic mass is 10.00. The molecule has 8 heteroatoms. The SMILES string of the molecule is O=C(N[C@H](CN1CCCC1)[C@H](O)c1ccc(OC2CC2)c(Cl)c1)C1CCN(c2ccc3cc(F)ccc3c2)C1. The third-order valence-corrected chi connectivity index (χ3v) is 8.48. The summed E-state index contributed by atoms with van der Waals surface area (Å²) in [6.07, 6.45) is 4.44. The Bertz CT molecular complexity index is 1340. The summed E-state index contributed by atoms with van der Waals surface area (Å²) in [4.78, 5) is 18.0. The van der Waals surface area contributed by atoms with Crippen LogP contribution < -0.4 is 15.0 Å². The molecule has 1 amide bonds. The van der Waals surface area contributed by atoms with Crippen LogP contribution >= 0.6 is 11.6 Å². The number of likely N-dealkylation sites (tertiary alicyclic amines) is 1. The molecule has 0 spiro atoms. The number of carbonyl (C=O) groups excluding carboxylic acids is 1. The van der Waals surface area contributed by atoms with Crippen molar-refractivity contribution < 1.29 is 19.0 Å². The van der Waals surface area contributed by atoms with Crippen molar-refractivity contribution in [3.8, 4) is 5.75 Å². The van der Waals surface area contributed by atoms with Crippen molar-refractivity contribution in [2.45, 2.75) is 50.4 Å². The molecule has 0 aromatic heterocycles. The quantitative estimate of drug-likeness (QED) is 0.377. The Kier molecular flexibility index (Phi) is 7.65. The molecule has 3 fully saturated rings. The van der Waals surface area contributed by atoms with Gasteiger partial charge in [0.1, 0.15) is 17.7 Å². The van der Waals surface area contributed by atoms with Crippen LogP contribution in [0.3, 0.4) is 0 Å². The molecule has 3 aliphatic rings. The number of aliphatic hydroxyl groups is 1. The number of halogens is 2. The number of nitrogens with zero attached hydrogens (tertiary/aromatic N) is 2. The van der Waals surface area contributed by atoms with Gasteiger partial charge in [-0.3, -0.25) is 4.79 Å². The third kappa shape index (κ3) is 6.16. The van der Waals surface area contributed by atoms with Gasteiger partial charge in [0.15, 0.2) is 0 Å². The smallest absolute Gasteiger partial charge is 0.225 e. The van der Waals surface area contributed by atoms with Crippen molar-refractivity contribution in [1.29, 1.82) is 0 Å². The molecule has 1 unspecified atom stereocenters. The van der Waals surface area contributed by atoms with Gasteiger partial charge in [-0.05, 0) is 97.9 Å². The summed E-state index contributed by atoms with van der Waals surface area (Å²) in [5.41, 5.74) is 1.70. The zero-order chi connectivity index (χ0) is 26.9. The highest BCUT2D eigenvalue weighted by molar-refractivity contribution is 6.32. The van der Waals surface area contributed by atoms with E-state index in [-0.39, 0.29) is 23.7 Å². The average Bonchev–Trinajstić information content (AvgIpc) is 3.36. The molecule has 39 heavy (non-hydrogen) atoms. The van der Waals surface area contributed by atoms with Crippen molar-refractivity contribution in [3.63, 3.8) is 0 Å². The molecular formula is C31H35ClFN3O3. The van der Waals surface area contributed by atoms with E-state index in [0.717, 1.165) is 68.2 Å². The van der Waals surface area contributed by atoms with Crippen molar-refractivity contribution in [3.05, 3.63) is 71.0 Å². The first-order valence-corrected chi connectivity index (χ1v) is 14.4. The maximum atomic E-state index is 13.6. The number of amides is 1. The number of ether oxygens (including phenoxy) is 1. The zero-order valence-electron chi connectivity index (χ0n) is 22.0. The van der Waals surface area contributed by atoms with E-state index < -0.39 is 12.1 Å². The summed E-state index contributed by atoms with van der Waals surface area (Å²) in [6, 6.07) is 15.7. The molecule has 6 rings (SSSR count). The van der Waals surface area contributed by atoms with Gasteiger partial charge in [-0.2, -0.15) is 0 Å². The first-order chi connectivity index (χ1) is 18.9. The Morgan fingerprint density at radius 1 is 1.03 bits per heavy atom. The van der Waals surface area contributed by atoms with Crippen LogP contribution in [0.2, 0.25) is 5.02 Å². The van der Waals surface area contributed by atoms with E-state index in [1.54, 1.807) is 12.1 Å². The summed E-state index contributed by atoms with van der Waals surface area (Å²) < 4.78 is 19.4. The lowest BCUT2D eigenvalue weighted by molar-refractivity contribution is -0.126. The topological polar surface area (TPSA) is 65.0 Å². The Balaban J connectivity index is 1.14. The molecule has 1 aliphatic carbocycles. The lowest BCUT2D eigenvalue weighted by Gasteiger charge is -2.30. The number of carbonyl (C=O) groups is 1. The van der Waals surface area contributed by atoms with Crippen molar-refractivity contribution in [1.82, 2.24) is 10.2 Å². The van der Waals surface area contributed by atoms with Gasteiger partial charge >= 0.3 is 0 Å². The fourth-order valence-corrected chi connectivity index (χ4v) is 6.01. The Morgan fingerprint density at radius 3 is 2.56 bits per heavy atom. The van der Waals surface area contributed by atoms with Crippen LogP contribution in [-0.2, 0) is 4.79 Å². The van der Waals surface area contributed by atoms with E-state index in [4.69, 9.17) is 16.3 Å². The predicted molar refractivity (Wildman–Crippen MR) is 152 cm³/mol. The summed E-state index contributed by atoms with van der Waals surface area (Å²) >= 11 is 6.49. The molecule has 206 valence electrons. The Labute approximate surface area is 233 Å². The summed E-state index contributed by atoms with van der Waals surface area (Å²) in [7, 11) is 0.